The summed E-state index contributed by atoms with van der Waals surface area (Å²) in [7, 11) is 6.65. The van der Waals surface area contributed by atoms with Gasteiger partial charge in [0, 0.05) is 108 Å². The molecule has 0 amide bonds. The molecule has 0 bridgehead atoms. The van der Waals surface area contributed by atoms with Crippen LogP contribution in [0, 0.1) is 5.82 Å². The predicted octanol–water partition coefficient (Wildman–Crippen LogP) is 7.92. The second-order valence-electron chi connectivity index (χ2n) is 21.2. The molecule has 3 atom stereocenters. The molecule has 0 radical (unpaired) electrons. The molecule has 2 aliphatic heterocycles. The number of benzene rings is 2. The van der Waals surface area contributed by atoms with Crippen LogP contribution < -0.4 is 54.8 Å². The summed E-state index contributed by atoms with van der Waals surface area (Å²) in [4.78, 5) is 69.7. The Hall–Kier alpha value is -7.30. The Labute approximate surface area is 520 Å². The van der Waals surface area contributed by atoms with E-state index in [-0.39, 0.29) is 75.2 Å². The molecule has 0 saturated carbocycles. The Morgan fingerprint density at radius 3 is 1.80 bits per heavy atom. The molecular formula is C58H69Br3FN13O9S. The fourth-order valence-electron chi connectivity index (χ4n) is 8.48. The van der Waals surface area contributed by atoms with Crippen molar-refractivity contribution in [3.63, 3.8) is 0 Å². The number of hydrogen-bond acceptors (Lipinski definition) is 16. The van der Waals surface area contributed by atoms with Crippen molar-refractivity contribution in [1.82, 2.24) is 33.4 Å². The molecule has 454 valence electrons. The van der Waals surface area contributed by atoms with Crippen molar-refractivity contribution in [2.45, 2.75) is 91.0 Å². The zero-order valence-corrected chi connectivity index (χ0v) is 54.2. The number of anilines is 4. The molecule has 2 aliphatic rings. The van der Waals surface area contributed by atoms with Crippen LogP contribution in [0.2, 0.25) is 0 Å². The molecule has 22 nitrogen and oxygen atoms in total. The largest absolute Gasteiger partial charge is 0.465 e. The maximum atomic E-state index is 15.3. The molecule has 5 aromatic heterocycles. The summed E-state index contributed by atoms with van der Waals surface area (Å²) in [6.07, 6.45) is 10.4. The maximum absolute atomic E-state index is 15.3. The van der Waals surface area contributed by atoms with E-state index in [0.717, 1.165) is 36.5 Å². The number of aliphatic hydroxyl groups is 2. The Morgan fingerprint density at radius 1 is 0.753 bits per heavy atom. The molecule has 8 N–H and O–H groups in total. The Bertz CT molecular complexity index is 3950. The van der Waals surface area contributed by atoms with E-state index in [0.29, 0.717) is 69.9 Å². The molecule has 27 heteroatoms. The van der Waals surface area contributed by atoms with Crippen molar-refractivity contribution in [3.05, 3.63) is 168 Å². The Morgan fingerprint density at radius 2 is 1.27 bits per heavy atom. The highest BCUT2D eigenvalue weighted by molar-refractivity contribution is 9.11. The van der Waals surface area contributed by atoms with Gasteiger partial charge >= 0.3 is 0 Å². The minimum atomic E-state index is -0.633. The van der Waals surface area contributed by atoms with Gasteiger partial charge in [-0.05, 0) is 146 Å². The summed E-state index contributed by atoms with van der Waals surface area (Å²) in [5.74, 6) is -0.624. The molecule has 2 aromatic carbocycles. The topological polar surface area (TPSA) is 281 Å². The molecule has 9 rings (SSSR count). The smallest absolute Gasteiger partial charge is 0.289 e. The number of nitrogens with two attached hydrogens (primary N) is 1. The molecule has 7 heterocycles. The van der Waals surface area contributed by atoms with Gasteiger partial charge < -0.3 is 65.0 Å². The first-order valence-electron chi connectivity index (χ1n) is 26.7. The van der Waals surface area contributed by atoms with Gasteiger partial charge in [0.15, 0.2) is 5.11 Å². The van der Waals surface area contributed by atoms with Gasteiger partial charge in [-0.1, -0.05) is 32.9 Å². The van der Waals surface area contributed by atoms with E-state index in [1.807, 2.05) is 41.5 Å². The SMILES string of the molecule is CC(CCO)NC(=S)Nc1cc(Br)cn(C)c1=O.CC1CCOC(Nc2cc(-c3cccc(-n4ncc5cc(C(C)(C)C)cc(F)c5c4=O)c3CO)cn(C)c2=O)=N1.CC1CCOC(Nc2cc(Br)cn(C)c2=O)=N1.Cn1cc(Br)cc(N)c1=O. The number of amidine groups is 2. The molecule has 85 heavy (non-hydrogen) atoms. The number of aryl methyl sites for hydroxylation is 4. The highest BCUT2D eigenvalue weighted by Crippen LogP contribution is 2.31. The molecule has 0 aliphatic carbocycles. The van der Waals surface area contributed by atoms with Crippen molar-refractivity contribution >= 4 is 111 Å². The normalized spacial score (nSPS) is 14.9. The fraction of sp³-hybridized carbons (Fsp3) is 0.362. The van der Waals surface area contributed by atoms with Crippen molar-refractivity contribution < 1.29 is 24.1 Å². The van der Waals surface area contributed by atoms with Crippen LogP contribution in [0.25, 0.3) is 27.6 Å². The number of aliphatic imine (C=N–C) groups is 2. The number of fused-ring (bicyclic) bond motifs is 1. The van der Waals surface area contributed by atoms with Gasteiger partial charge in [0.05, 0.1) is 54.9 Å². The summed E-state index contributed by atoms with van der Waals surface area (Å²) >= 11 is 15.0. The van der Waals surface area contributed by atoms with E-state index < -0.39 is 18.0 Å². The van der Waals surface area contributed by atoms with E-state index in [4.69, 9.17) is 32.5 Å². The van der Waals surface area contributed by atoms with Gasteiger partial charge in [0.25, 0.3) is 39.8 Å². The van der Waals surface area contributed by atoms with Crippen LogP contribution in [0.1, 0.15) is 71.9 Å². The van der Waals surface area contributed by atoms with Crippen LogP contribution in [-0.4, -0.2) is 93.4 Å². The number of aliphatic hydroxyl groups excluding tert-OH is 2. The highest BCUT2D eigenvalue weighted by Gasteiger charge is 2.22. The number of thiocarbonyl (C=S) groups is 1. The third-order valence-corrected chi connectivity index (χ3v) is 14.6. The van der Waals surface area contributed by atoms with Crippen molar-refractivity contribution in [1.29, 1.82) is 0 Å². The Kier molecular flexibility index (Phi) is 23.3. The van der Waals surface area contributed by atoms with Gasteiger partial charge in [0.1, 0.15) is 22.9 Å². The number of pyridine rings is 4. The average molecular weight is 1380 g/mol. The van der Waals surface area contributed by atoms with Crippen LogP contribution >= 0.6 is 60.0 Å². The molecule has 0 spiro atoms. The monoisotopic (exact) mass is 1380 g/mol. The number of nitrogens with zero attached hydrogens (tertiary/aromatic N) is 8. The lowest BCUT2D eigenvalue weighted by Gasteiger charge is -2.20. The van der Waals surface area contributed by atoms with Gasteiger partial charge in [0.2, 0.25) is 0 Å². The molecule has 3 unspecified atom stereocenters. The van der Waals surface area contributed by atoms with E-state index in [1.165, 1.54) is 30.5 Å². The predicted molar refractivity (Wildman–Crippen MR) is 348 cm³/mol. The van der Waals surface area contributed by atoms with Crippen LogP contribution in [0.5, 0.6) is 0 Å². The number of ether oxygens (including phenoxy) is 2. The third kappa shape index (κ3) is 17.9. The van der Waals surface area contributed by atoms with Crippen LogP contribution in [0.4, 0.5) is 27.1 Å². The number of nitrogens with one attached hydrogen (secondary N) is 4. The number of nitrogen functional groups attached to an aromatic ring is 1. The highest BCUT2D eigenvalue weighted by atomic mass is 79.9. The van der Waals surface area contributed by atoms with E-state index >= 15 is 4.39 Å². The van der Waals surface area contributed by atoms with Crippen molar-refractivity contribution in [2.75, 3.05) is 41.5 Å². The average Bonchev–Trinajstić information content (AvgIpc) is 1.49. The lowest BCUT2D eigenvalue weighted by Crippen LogP contribution is -2.38. The quantitative estimate of drug-likeness (QED) is 0.0676. The second kappa shape index (κ2) is 29.7. The number of rotatable bonds is 9. The summed E-state index contributed by atoms with van der Waals surface area (Å²) in [5, 5.41) is 36.0. The summed E-state index contributed by atoms with van der Waals surface area (Å²) in [5.41, 5.74) is 7.72. The number of halogens is 4. The standard InChI is InChI=1S/C30H32FN5O4.C11H16BrN3O2S.C11H14BrN3O2.C6H7BrN2O/c1-17-9-10-40-29(33-17)34-24-12-19(15-35(5)27(24)38)21-7-6-8-25(22(21)16-37)36-28(39)26-18(14-32-36)11-20(13-23(26)31)30(2,3)4;1-7(3-4-16)13-11(18)14-9-5-8(12)6-15(2)10(9)17;1-7-3-4-17-11(13-7)14-9-5-8(12)6-15(2)10(9)16;1-9-3-4(7)2-5(8)6(9)10/h6-8,11-15,17,37H,9-10,16H2,1-5H3,(H,33,34);5-7,16H,3-4H2,1-2H3,(H2,13,14,18);5-7H,3-4H2,1-2H3,(H,13,14);2-3H,8H2,1H3. The number of hydrogen-bond donors (Lipinski definition) is 7. The van der Waals surface area contributed by atoms with Crippen molar-refractivity contribution in [2.24, 2.45) is 38.2 Å². The van der Waals surface area contributed by atoms with Gasteiger partial charge in [-0.25, -0.2) is 14.4 Å². The van der Waals surface area contributed by atoms with E-state index in [1.54, 1.807) is 102 Å². The van der Waals surface area contributed by atoms with Gasteiger partial charge in [-0.15, -0.1) is 0 Å². The first kappa shape index (κ1) is 66.8. The summed E-state index contributed by atoms with van der Waals surface area (Å²) < 4.78 is 35.5. The van der Waals surface area contributed by atoms with Crippen molar-refractivity contribution in [3.8, 4) is 16.8 Å². The zero-order valence-electron chi connectivity index (χ0n) is 48.6. The third-order valence-electron chi connectivity index (χ3n) is 13.1. The van der Waals surface area contributed by atoms with Gasteiger partial charge in [-0.3, -0.25) is 24.0 Å². The first-order chi connectivity index (χ1) is 40.1. The Balaban J connectivity index is 0.000000211. The minimum Gasteiger partial charge on any atom is -0.465 e. The van der Waals surface area contributed by atoms with Gasteiger partial charge in [-0.2, -0.15) is 9.78 Å². The van der Waals surface area contributed by atoms with E-state index in [2.05, 4.69) is 84.1 Å². The zero-order chi connectivity index (χ0) is 62.6. The van der Waals surface area contributed by atoms with E-state index in [9.17, 15) is 29.1 Å². The lowest BCUT2D eigenvalue weighted by atomic mass is 9.86. The van der Waals surface area contributed by atoms with Crippen LogP contribution in [0.3, 0.4) is 0 Å². The summed E-state index contributed by atoms with van der Waals surface area (Å²) in [6, 6.07) is 16.0. The lowest BCUT2D eigenvalue weighted by molar-refractivity contribution is 0.263. The van der Waals surface area contributed by atoms with Crippen LogP contribution in [-0.2, 0) is 49.7 Å². The molecule has 7 aromatic rings. The maximum Gasteiger partial charge on any atom is 0.289 e. The molecular weight excluding hydrogens is 1310 g/mol. The minimum absolute atomic E-state index is 0.0472. The van der Waals surface area contributed by atoms with Crippen LogP contribution in [0.15, 0.2) is 133 Å². The second-order valence-corrected chi connectivity index (χ2v) is 24.3. The summed E-state index contributed by atoms with van der Waals surface area (Å²) in [6.45, 7) is 12.6. The number of aromatic nitrogens is 6. The molecule has 0 fully saturated rings. The molecule has 0 saturated heterocycles. The fourth-order valence-corrected chi connectivity index (χ4v) is 10.4. The first-order valence-corrected chi connectivity index (χ1v) is 29.5.